The van der Waals surface area contributed by atoms with Gasteiger partial charge in [0.15, 0.2) is 37.6 Å². The van der Waals surface area contributed by atoms with Crippen molar-refractivity contribution in [3.63, 3.8) is 0 Å². The number of nitrogen functional groups attached to an aromatic ring is 3. The van der Waals surface area contributed by atoms with Gasteiger partial charge in [-0.1, -0.05) is 0 Å². The highest BCUT2D eigenvalue weighted by Gasteiger charge is 2.39. The molecule has 3 aromatic rings. The van der Waals surface area contributed by atoms with E-state index in [0.29, 0.717) is 0 Å². The molecule has 9 N–H and O–H groups in total. The van der Waals surface area contributed by atoms with Gasteiger partial charge in [-0.2, -0.15) is 52.8 Å². The number of thiol groups is 3. The molecule has 0 amide bonds. The summed E-state index contributed by atoms with van der Waals surface area (Å²) in [5.74, 6) is 0.908. The molecule has 87 heavy (non-hydrogen) atoms. The van der Waals surface area contributed by atoms with Gasteiger partial charge in [-0.05, 0) is 18.2 Å². The smallest absolute Gasteiger partial charge is 0.383 e. The Hall–Kier alpha value is -2.37. The molecule has 48 heteroatoms. The summed E-state index contributed by atoms with van der Waals surface area (Å²) in [6.07, 6.45) is -2.84. The number of methoxy groups -OCH3 is 3. The third-order valence-corrected chi connectivity index (χ3v) is 21.2. The Bertz CT molecular complexity index is 2830. The number of nitrogens with zero attached hydrogens (tertiary/aromatic N) is 6. The van der Waals surface area contributed by atoms with E-state index in [0.717, 1.165) is 20.0 Å². The number of rotatable bonds is 33. The van der Waals surface area contributed by atoms with Crippen molar-refractivity contribution >= 4 is 102 Å². The average molecular weight is 1430 g/mol. The highest BCUT2D eigenvalue weighted by atomic mass is 32.1. The van der Waals surface area contributed by atoms with E-state index in [1.165, 1.54) is 71.8 Å². The van der Waals surface area contributed by atoms with E-state index in [9.17, 15) is 56.5 Å². The molecule has 39 nitrogen and oxygen atoms in total. The average Bonchev–Trinajstić information content (AvgIpc) is 2.56. The SMILES string of the molecule is COC(CS)COP(=O)(O)OP(C)(=O)OCC1OCC(n2ccc(N)nc2=O)O1.COC(CS)COP(=O)(O)OP(C)(=O)OC[C@@H]1OC[C@H](n2ccc(N)nc2=O)O1.COC(CS)COP(=O)(O)OP(C)(=O)OC[C@H]1OC[C@@H](n2ccc(N)nc2=O)O1. The van der Waals surface area contributed by atoms with Crippen molar-refractivity contribution in [2.24, 2.45) is 0 Å². The molecule has 3 aromatic heterocycles. The Morgan fingerprint density at radius 3 is 0.943 bits per heavy atom. The Labute approximate surface area is 512 Å². The quantitative estimate of drug-likeness (QED) is 0.0310. The van der Waals surface area contributed by atoms with Crippen molar-refractivity contribution in [2.75, 3.05) is 135 Å². The second-order valence-corrected chi connectivity index (χ2v) is 29.6. The van der Waals surface area contributed by atoms with Crippen LogP contribution in [0.2, 0.25) is 0 Å². The summed E-state index contributed by atoms with van der Waals surface area (Å²) in [6, 6.07) is 4.26. The molecule has 0 bridgehead atoms. The Balaban J connectivity index is 0.000000279. The van der Waals surface area contributed by atoms with Crippen LogP contribution in [0.1, 0.15) is 18.7 Å². The fourth-order valence-corrected chi connectivity index (χ4v) is 15.0. The van der Waals surface area contributed by atoms with E-state index < -0.39 is 139 Å². The predicted octanol–water partition coefficient (Wildman–Crippen LogP) is 1.84. The normalized spacial score (nSPS) is 24.7. The van der Waals surface area contributed by atoms with Crippen molar-refractivity contribution in [3.05, 3.63) is 68.2 Å². The summed E-state index contributed by atoms with van der Waals surface area (Å²) in [7, 11) is -21.9. The Morgan fingerprint density at radius 1 is 0.494 bits per heavy atom. The van der Waals surface area contributed by atoms with Crippen molar-refractivity contribution in [1.29, 1.82) is 0 Å². The number of hydrogen-bond acceptors (Lipinski definition) is 36. The van der Waals surface area contributed by atoms with Gasteiger partial charge >= 0.3 is 63.3 Å². The molecular weight excluding hydrogens is 1360 g/mol. The number of phosphoric ester groups is 3. The molecule has 0 saturated carbocycles. The van der Waals surface area contributed by atoms with Crippen LogP contribution in [0.15, 0.2) is 51.2 Å². The van der Waals surface area contributed by atoms with Gasteiger partial charge in [0.25, 0.3) is 0 Å². The molecule has 0 aromatic carbocycles. The number of hydrogen-bond donors (Lipinski definition) is 9. The van der Waals surface area contributed by atoms with Crippen molar-refractivity contribution in [2.45, 2.75) is 55.9 Å². The van der Waals surface area contributed by atoms with E-state index in [4.69, 9.17) is 87.0 Å². The molecule has 498 valence electrons. The number of nitrogens with two attached hydrogens (primary N) is 3. The topological polar surface area (TPSA) is 512 Å². The zero-order chi connectivity index (χ0) is 65.0. The predicted molar refractivity (Wildman–Crippen MR) is 311 cm³/mol. The monoisotopic (exact) mass is 1430 g/mol. The van der Waals surface area contributed by atoms with Gasteiger partial charge in [-0.15, -0.1) is 0 Å². The van der Waals surface area contributed by atoms with Crippen LogP contribution in [0.4, 0.5) is 17.5 Å². The molecule has 3 aliphatic heterocycles. The summed E-state index contributed by atoms with van der Waals surface area (Å²) in [6.45, 7) is 0.911. The standard InChI is InChI=1S/3C13H23N3O10P2S/c3*1-21-9(8-29)5-24-28(19,20)26-27(2,18)23-7-12-22-6-11(25-12)16-4-3-10(14)15-13(16)17/h3*3-4,9,11-12,29H,5-8H2,1-2H3,(H,19,20)(H2,14,15,17)/t2*9?,11-,12-,27?;/m10./s1. The number of anilines is 3. The van der Waals surface area contributed by atoms with Gasteiger partial charge in [0.2, 0.25) is 0 Å². The first-order valence-corrected chi connectivity index (χ1v) is 37.0. The summed E-state index contributed by atoms with van der Waals surface area (Å²) >= 11 is 12.0. The molecule has 0 radical (unpaired) electrons. The number of ether oxygens (including phenoxy) is 9. The molecule has 3 aliphatic rings. The molecule has 6 heterocycles. The highest BCUT2D eigenvalue weighted by molar-refractivity contribution is 7.80. The minimum Gasteiger partial charge on any atom is -0.383 e. The maximum absolute atomic E-state index is 12.3. The van der Waals surface area contributed by atoms with Gasteiger partial charge in [0.1, 0.15) is 37.3 Å². The summed E-state index contributed by atoms with van der Waals surface area (Å²) < 4.78 is 167. The number of phosphoric acid groups is 3. The van der Waals surface area contributed by atoms with Crippen LogP contribution < -0.4 is 34.3 Å². The van der Waals surface area contributed by atoms with Gasteiger partial charge in [-0.25, -0.2) is 41.0 Å². The maximum atomic E-state index is 12.3. The lowest BCUT2D eigenvalue weighted by Gasteiger charge is -2.20. The molecule has 0 aliphatic carbocycles. The minimum absolute atomic E-state index is 0.00184. The molecule has 0 spiro atoms. The third kappa shape index (κ3) is 27.8. The summed E-state index contributed by atoms with van der Waals surface area (Å²) in [5, 5.41) is 0. The van der Waals surface area contributed by atoms with Crippen LogP contribution in [0.3, 0.4) is 0 Å². The van der Waals surface area contributed by atoms with E-state index >= 15 is 0 Å². The van der Waals surface area contributed by atoms with Gasteiger partial charge in [0.05, 0.1) is 58.0 Å². The molecule has 3 saturated heterocycles. The molecular formula is C39H69N9O30P6S3. The highest BCUT2D eigenvalue weighted by Crippen LogP contribution is 2.63. The minimum atomic E-state index is -4.68. The van der Waals surface area contributed by atoms with Gasteiger partial charge < -0.3 is 88.1 Å². The Morgan fingerprint density at radius 2 is 0.736 bits per heavy atom. The summed E-state index contributed by atoms with van der Waals surface area (Å²) in [5.41, 5.74) is 14.4. The van der Waals surface area contributed by atoms with Gasteiger partial charge in [0, 0.05) is 77.2 Å². The zero-order valence-electron chi connectivity index (χ0n) is 47.0. The first kappa shape index (κ1) is 77.1. The van der Waals surface area contributed by atoms with Crippen LogP contribution in [-0.2, 0) is 110 Å². The molecule has 15 atom stereocenters. The maximum Gasteiger partial charge on any atom is 0.479 e. The van der Waals surface area contributed by atoms with Crippen LogP contribution in [0, 0.1) is 0 Å². The second kappa shape index (κ2) is 35.6. The van der Waals surface area contributed by atoms with Crippen LogP contribution in [0.25, 0.3) is 0 Å². The van der Waals surface area contributed by atoms with Crippen molar-refractivity contribution in [1.82, 2.24) is 28.7 Å². The number of aromatic nitrogens is 6. The van der Waals surface area contributed by atoms with E-state index in [1.807, 2.05) is 0 Å². The Kier molecular flexibility index (Phi) is 31.5. The van der Waals surface area contributed by atoms with Crippen LogP contribution in [-0.4, -0.2) is 199 Å². The van der Waals surface area contributed by atoms with Crippen LogP contribution >= 0.6 is 84.1 Å². The van der Waals surface area contributed by atoms with E-state index in [2.05, 4.69) is 65.8 Å². The molecule has 3 fully saturated rings. The van der Waals surface area contributed by atoms with Gasteiger partial charge in [-0.3, -0.25) is 41.0 Å². The van der Waals surface area contributed by atoms with Crippen molar-refractivity contribution < 1.29 is 125 Å². The second-order valence-electron chi connectivity index (χ2n) is 17.5. The summed E-state index contributed by atoms with van der Waals surface area (Å²) in [4.78, 5) is 75.2. The lowest BCUT2D eigenvalue weighted by atomic mass is 10.4. The van der Waals surface area contributed by atoms with Crippen molar-refractivity contribution in [3.8, 4) is 0 Å². The third-order valence-electron chi connectivity index (χ3n) is 10.7. The largest absolute Gasteiger partial charge is 0.479 e. The molecule has 6 rings (SSSR count). The lowest BCUT2D eigenvalue weighted by molar-refractivity contribution is -0.0950. The van der Waals surface area contributed by atoms with E-state index in [1.54, 1.807) is 0 Å². The lowest BCUT2D eigenvalue weighted by Crippen LogP contribution is -2.28. The van der Waals surface area contributed by atoms with E-state index in [-0.39, 0.29) is 74.4 Å². The fraction of sp³-hybridized carbons (Fsp3) is 0.692. The fourth-order valence-electron chi connectivity index (χ4n) is 6.38. The first-order valence-electron chi connectivity index (χ1n) is 24.6. The molecule has 11 unspecified atom stereocenters. The van der Waals surface area contributed by atoms with Crippen LogP contribution in [0.5, 0.6) is 0 Å². The zero-order valence-corrected chi connectivity index (χ0v) is 55.0. The first-order chi connectivity index (χ1) is 40.6.